The highest BCUT2D eigenvalue weighted by Gasteiger charge is 2.29. The van der Waals surface area contributed by atoms with Gasteiger partial charge in [-0.2, -0.15) is 13.2 Å². The Morgan fingerprint density at radius 1 is 0.583 bits per heavy atom. The van der Waals surface area contributed by atoms with E-state index >= 15 is 0 Å². The number of rotatable bonds is 3. The van der Waals surface area contributed by atoms with Crippen molar-refractivity contribution in [1.29, 1.82) is 0 Å². The second kappa shape index (κ2) is 6.75. The first kappa shape index (κ1) is 16.1. The topological polar surface area (TPSA) is 0 Å². The summed E-state index contributed by atoms with van der Waals surface area (Å²) >= 11 is 0. The Kier molecular flexibility index (Phi) is 4.52. The van der Waals surface area contributed by atoms with Crippen LogP contribution >= 0.6 is 0 Å². The first-order valence-corrected chi connectivity index (χ1v) is 7.53. The normalized spacial score (nSPS) is 11.8. The van der Waals surface area contributed by atoms with Gasteiger partial charge in [0.15, 0.2) is 0 Å². The molecule has 24 heavy (non-hydrogen) atoms. The van der Waals surface area contributed by atoms with Gasteiger partial charge in [-0.15, -0.1) is 0 Å². The fraction of sp³-hybridized carbons (Fsp3) is 0.0476. The smallest absolute Gasteiger partial charge is 0.166 e. The summed E-state index contributed by atoms with van der Waals surface area (Å²) in [4.78, 5) is 0. The molecule has 0 amide bonds. The van der Waals surface area contributed by atoms with E-state index in [0.717, 1.165) is 34.4 Å². The van der Waals surface area contributed by atoms with Crippen molar-refractivity contribution < 1.29 is 13.2 Å². The van der Waals surface area contributed by atoms with Gasteiger partial charge in [0.2, 0.25) is 0 Å². The molecule has 0 bridgehead atoms. The fourth-order valence-corrected chi connectivity index (χ4v) is 2.43. The zero-order valence-corrected chi connectivity index (χ0v) is 12.8. The van der Waals surface area contributed by atoms with Gasteiger partial charge in [0.05, 0.1) is 5.56 Å². The summed E-state index contributed by atoms with van der Waals surface area (Å²) < 4.78 is 37.9. The van der Waals surface area contributed by atoms with Crippen LogP contribution in [0.5, 0.6) is 0 Å². The average Bonchev–Trinajstić information content (AvgIpc) is 2.60. The van der Waals surface area contributed by atoms with E-state index in [1.807, 2.05) is 66.7 Å². The molecule has 3 heteroatoms. The standard InChI is InChI=1S/C21H15F3/c22-21(23,24)20-13-11-18(12-14-20)19-8-4-7-17(15-19)10-9-16-5-2-1-3-6-16/h1-15H/b10-9+. The van der Waals surface area contributed by atoms with E-state index < -0.39 is 11.7 Å². The van der Waals surface area contributed by atoms with Crippen molar-refractivity contribution in [2.45, 2.75) is 6.18 Å². The molecule has 3 aromatic carbocycles. The maximum Gasteiger partial charge on any atom is 0.416 e. The lowest BCUT2D eigenvalue weighted by Gasteiger charge is -2.08. The Morgan fingerprint density at radius 3 is 1.88 bits per heavy atom. The summed E-state index contributed by atoms with van der Waals surface area (Å²) in [5, 5.41) is 0. The molecular formula is C21H15F3. The molecule has 0 aliphatic heterocycles. The SMILES string of the molecule is FC(F)(F)c1ccc(-c2cccc(/C=C/c3ccccc3)c2)cc1. The van der Waals surface area contributed by atoms with E-state index in [4.69, 9.17) is 0 Å². The summed E-state index contributed by atoms with van der Waals surface area (Å²) in [6.07, 6.45) is -0.312. The molecule has 0 nitrogen and oxygen atoms in total. The van der Waals surface area contributed by atoms with Crippen molar-refractivity contribution in [1.82, 2.24) is 0 Å². The maximum atomic E-state index is 12.6. The fourth-order valence-electron chi connectivity index (χ4n) is 2.43. The summed E-state index contributed by atoms with van der Waals surface area (Å²) in [7, 11) is 0. The molecule has 0 fully saturated rings. The van der Waals surface area contributed by atoms with Gasteiger partial charge in [0.1, 0.15) is 0 Å². The zero-order chi connectivity index (χ0) is 17.0. The monoisotopic (exact) mass is 324 g/mol. The Bertz CT molecular complexity index is 829. The molecule has 0 spiro atoms. The van der Waals surface area contributed by atoms with E-state index in [-0.39, 0.29) is 0 Å². The van der Waals surface area contributed by atoms with Crippen LogP contribution in [0.2, 0.25) is 0 Å². The van der Waals surface area contributed by atoms with Crippen LogP contribution in [0.1, 0.15) is 16.7 Å². The molecule has 0 aromatic heterocycles. The van der Waals surface area contributed by atoms with E-state index in [0.29, 0.717) is 0 Å². The molecule has 120 valence electrons. The molecular weight excluding hydrogens is 309 g/mol. The van der Waals surface area contributed by atoms with Gasteiger partial charge in [0, 0.05) is 0 Å². The maximum absolute atomic E-state index is 12.6. The molecule has 0 radical (unpaired) electrons. The second-order valence-electron chi connectivity index (χ2n) is 5.44. The highest BCUT2D eigenvalue weighted by Crippen LogP contribution is 2.31. The molecule has 0 aliphatic carbocycles. The van der Waals surface area contributed by atoms with Crippen molar-refractivity contribution >= 4 is 12.2 Å². The quantitative estimate of drug-likeness (QED) is 0.480. The van der Waals surface area contributed by atoms with Gasteiger partial charge in [-0.25, -0.2) is 0 Å². The Morgan fingerprint density at radius 2 is 1.21 bits per heavy atom. The lowest BCUT2D eigenvalue weighted by molar-refractivity contribution is -0.137. The number of hydrogen-bond donors (Lipinski definition) is 0. The van der Waals surface area contributed by atoms with Crippen molar-refractivity contribution in [3.63, 3.8) is 0 Å². The number of halogens is 3. The van der Waals surface area contributed by atoms with E-state index in [1.54, 1.807) is 0 Å². The summed E-state index contributed by atoms with van der Waals surface area (Å²) in [6, 6.07) is 22.9. The summed E-state index contributed by atoms with van der Waals surface area (Å²) in [6.45, 7) is 0. The van der Waals surface area contributed by atoms with Crippen LogP contribution in [0, 0.1) is 0 Å². The van der Waals surface area contributed by atoms with E-state index in [1.165, 1.54) is 12.1 Å². The first-order valence-electron chi connectivity index (χ1n) is 7.53. The Balaban J connectivity index is 1.84. The van der Waals surface area contributed by atoms with Crippen LogP contribution in [-0.4, -0.2) is 0 Å². The third-order valence-electron chi connectivity index (χ3n) is 3.70. The minimum atomic E-state index is -4.31. The van der Waals surface area contributed by atoms with E-state index in [2.05, 4.69) is 0 Å². The molecule has 0 heterocycles. The van der Waals surface area contributed by atoms with Crippen LogP contribution in [0.25, 0.3) is 23.3 Å². The predicted octanol–water partition coefficient (Wildman–Crippen LogP) is 6.54. The zero-order valence-electron chi connectivity index (χ0n) is 12.8. The van der Waals surface area contributed by atoms with Gasteiger partial charge in [0.25, 0.3) is 0 Å². The molecule has 0 saturated heterocycles. The molecule has 0 aliphatic rings. The van der Waals surface area contributed by atoms with Crippen LogP contribution in [-0.2, 0) is 6.18 Å². The molecule has 0 N–H and O–H groups in total. The Labute approximate surface area is 138 Å². The minimum absolute atomic E-state index is 0.633. The number of benzene rings is 3. The van der Waals surface area contributed by atoms with Gasteiger partial charge in [-0.1, -0.05) is 72.8 Å². The van der Waals surface area contributed by atoms with Crippen molar-refractivity contribution in [2.24, 2.45) is 0 Å². The van der Waals surface area contributed by atoms with Gasteiger partial charge in [-0.05, 0) is 40.5 Å². The first-order chi connectivity index (χ1) is 11.5. The predicted molar refractivity (Wildman–Crippen MR) is 92.3 cm³/mol. The highest BCUT2D eigenvalue weighted by molar-refractivity contribution is 5.73. The van der Waals surface area contributed by atoms with Crippen LogP contribution in [0.3, 0.4) is 0 Å². The van der Waals surface area contributed by atoms with Crippen molar-refractivity contribution in [3.05, 3.63) is 95.6 Å². The van der Waals surface area contributed by atoms with Crippen LogP contribution in [0.4, 0.5) is 13.2 Å². The second-order valence-corrected chi connectivity index (χ2v) is 5.44. The molecule has 0 saturated carbocycles. The lowest BCUT2D eigenvalue weighted by Crippen LogP contribution is -2.03. The largest absolute Gasteiger partial charge is 0.416 e. The molecule has 3 rings (SSSR count). The third-order valence-corrected chi connectivity index (χ3v) is 3.70. The van der Waals surface area contributed by atoms with Crippen LogP contribution < -0.4 is 0 Å². The highest BCUT2D eigenvalue weighted by atomic mass is 19.4. The van der Waals surface area contributed by atoms with Gasteiger partial charge < -0.3 is 0 Å². The summed E-state index contributed by atoms with van der Waals surface area (Å²) in [5.74, 6) is 0. The molecule has 0 unspecified atom stereocenters. The Hall–Kier alpha value is -2.81. The number of alkyl halides is 3. The number of hydrogen-bond acceptors (Lipinski definition) is 0. The van der Waals surface area contributed by atoms with E-state index in [9.17, 15) is 13.2 Å². The van der Waals surface area contributed by atoms with Gasteiger partial charge >= 0.3 is 6.18 Å². The molecule has 3 aromatic rings. The lowest BCUT2D eigenvalue weighted by atomic mass is 10.0. The van der Waals surface area contributed by atoms with Crippen molar-refractivity contribution in [2.75, 3.05) is 0 Å². The third kappa shape index (κ3) is 3.93. The average molecular weight is 324 g/mol. The minimum Gasteiger partial charge on any atom is -0.166 e. The van der Waals surface area contributed by atoms with Crippen LogP contribution in [0.15, 0.2) is 78.9 Å². The van der Waals surface area contributed by atoms with Gasteiger partial charge in [-0.3, -0.25) is 0 Å². The van der Waals surface area contributed by atoms with Crippen molar-refractivity contribution in [3.8, 4) is 11.1 Å². The molecule has 0 atom stereocenters. The summed E-state index contributed by atoms with van der Waals surface area (Å²) in [5.41, 5.74) is 3.11.